The molecular formula is C15H10BrIO3. The maximum Gasteiger partial charge on any atom is 0.328 e. The average molecular weight is 445 g/mol. The molecule has 20 heavy (non-hydrogen) atoms. The molecule has 0 aliphatic carbocycles. The van der Waals surface area contributed by atoms with Crippen molar-refractivity contribution in [1.29, 1.82) is 0 Å². The molecule has 0 amide bonds. The lowest BCUT2D eigenvalue weighted by atomic mass is 10.2. The molecule has 102 valence electrons. The average Bonchev–Trinajstić information content (AvgIpc) is 2.41. The van der Waals surface area contributed by atoms with E-state index >= 15 is 0 Å². The number of carbonyl (C=O) groups is 1. The molecule has 0 aliphatic heterocycles. The number of halogens is 2. The minimum Gasteiger partial charge on any atom is -0.478 e. The van der Waals surface area contributed by atoms with Gasteiger partial charge in [0.25, 0.3) is 0 Å². The summed E-state index contributed by atoms with van der Waals surface area (Å²) in [5, 5.41) is 8.59. The topological polar surface area (TPSA) is 46.5 Å². The molecule has 2 aromatic rings. The summed E-state index contributed by atoms with van der Waals surface area (Å²) in [6, 6.07) is 13.1. The SMILES string of the molecule is O=C(O)/C=C/c1ccc(Oc2ccc(I)cc2)c(Br)c1. The first kappa shape index (κ1) is 15.1. The van der Waals surface area contributed by atoms with E-state index in [0.717, 1.165) is 25.4 Å². The molecule has 0 radical (unpaired) electrons. The Morgan fingerprint density at radius 1 is 1.20 bits per heavy atom. The number of rotatable bonds is 4. The molecule has 2 aromatic carbocycles. The predicted octanol–water partition coefficient (Wildman–Crippen LogP) is 4.94. The Morgan fingerprint density at radius 2 is 1.90 bits per heavy atom. The summed E-state index contributed by atoms with van der Waals surface area (Å²) in [4.78, 5) is 10.5. The van der Waals surface area contributed by atoms with E-state index in [1.54, 1.807) is 12.1 Å². The van der Waals surface area contributed by atoms with Gasteiger partial charge in [0.2, 0.25) is 0 Å². The highest BCUT2D eigenvalue weighted by atomic mass is 127. The Hall–Kier alpha value is -1.34. The Labute approximate surface area is 138 Å². The van der Waals surface area contributed by atoms with Crippen molar-refractivity contribution in [2.75, 3.05) is 0 Å². The zero-order chi connectivity index (χ0) is 14.5. The first-order valence-electron chi connectivity index (χ1n) is 5.68. The van der Waals surface area contributed by atoms with Crippen LogP contribution < -0.4 is 4.74 Å². The quantitative estimate of drug-likeness (QED) is 0.536. The summed E-state index contributed by atoms with van der Waals surface area (Å²) in [6.45, 7) is 0. The van der Waals surface area contributed by atoms with Crippen LogP contribution >= 0.6 is 38.5 Å². The number of aliphatic carboxylic acids is 1. The van der Waals surface area contributed by atoms with E-state index in [1.807, 2.05) is 30.3 Å². The molecule has 0 atom stereocenters. The molecule has 5 heteroatoms. The van der Waals surface area contributed by atoms with E-state index in [4.69, 9.17) is 9.84 Å². The fourth-order valence-corrected chi connectivity index (χ4v) is 2.34. The molecule has 0 aromatic heterocycles. The molecule has 0 aliphatic rings. The summed E-state index contributed by atoms with van der Waals surface area (Å²) in [7, 11) is 0. The van der Waals surface area contributed by atoms with Crippen LogP contribution in [0.25, 0.3) is 6.08 Å². The molecular weight excluding hydrogens is 435 g/mol. The lowest BCUT2D eigenvalue weighted by molar-refractivity contribution is -0.131. The third-order valence-electron chi connectivity index (χ3n) is 2.42. The van der Waals surface area contributed by atoms with Gasteiger partial charge in [0, 0.05) is 9.65 Å². The molecule has 0 spiro atoms. The van der Waals surface area contributed by atoms with Crippen molar-refractivity contribution in [3.8, 4) is 11.5 Å². The van der Waals surface area contributed by atoms with Crippen LogP contribution in [0.5, 0.6) is 11.5 Å². The second-order valence-corrected chi connectivity index (χ2v) is 6.02. The summed E-state index contributed by atoms with van der Waals surface area (Å²) in [6.07, 6.45) is 2.63. The van der Waals surface area contributed by atoms with Crippen LogP contribution in [-0.4, -0.2) is 11.1 Å². The van der Waals surface area contributed by atoms with E-state index in [1.165, 1.54) is 6.08 Å². The summed E-state index contributed by atoms with van der Waals surface area (Å²) >= 11 is 5.65. The Bertz CT molecular complexity index is 651. The minimum atomic E-state index is -0.972. The zero-order valence-electron chi connectivity index (χ0n) is 10.2. The highest BCUT2D eigenvalue weighted by Gasteiger charge is 2.03. The lowest BCUT2D eigenvalue weighted by Crippen LogP contribution is -1.88. The lowest BCUT2D eigenvalue weighted by Gasteiger charge is -2.08. The highest BCUT2D eigenvalue weighted by Crippen LogP contribution is 2.31. The van der Waals surface area contributed by atoms with E-state index in [2.05, 4.69) is 38.5 Å². The molecule has 3 nitrogen and oxygen atoms in total. The van der Waals surface area contributed by atoms with Gasteiger partial charge in [0.1, 0.15) is 11.5 Å². The summed E-state index contributed by atoms with van der Waals surface area (Å²) < 4.78 is 7.66. The van der Waals surface area contributed by atoms with Crippen molar-refractivity contribution in [2.45, 2.75) is 0 Å². The van der Waals surface area contributed by atoms with Crippen LogP contribution in [0.4, 0.5) is 0 Å². The van der Waals surface area contributed by atoms with Gasteiger partial charge in [0.15, 0.2) is 0 Å². The zero-order valence-corrected chi connectivity index (χ0v) is 14.0. The molecule has 0 saturated heterocycles. The van der Waals surface area contributed by atoms with Crippen LogP contribution in [0.15, 0.2) is 53.0 Å². The normalized spacial score (nSPS) is 10.7. The first-order chi connectivity index (χ1) is 9.54. The Balaban J connectivity index is 2.17. The molecule has 0 unspecified atom stereocenters. The fourth-order valence-electron chi connectivity index (χ4n) is 1.50. The van der Waals surface area contributed by atoms with Crippen molar-refractivity contribution < 1.29 is 14.6 Å². The van der Waals surface area contributed by atoms with Gasteiger partial charge >= 0.3 is 5.97 Å². The summed E-state index contributed by atoms with van der Waals surface area (Å²) in [5.41, 5.74) is 0.786. The van der Waals surface area contributed by atoms with E-state index < -0.39 is 5.97 Å². The van der Waals surface area contributed by atoms with Crippen molar-refractivity contribution in [2.24, 2.45) is 0 Å². The van der Waals surface area contributed by atoms with Crippen LogP contribution in [0.3, 0.4) is 0 Å². The van der Waals surface area contributed by atoms with E-state index in [9.17, 15) is 4.79 Å². The fraction of sp³-hybridized carbons (Fsp3) is 0. The van der Waals surface area contributed by atoms with Gasteiger partial charge < -0.3 is 9.84 Å². The monoisotopic (exact) mass is 444 g/mol. The van der Waals surface area contributed by atoms with Crippen LogP contribution in [0.2, 0.25) is 0 Å². The number of ether oxygens (including phenoxy) is 1. The second-order valence-electron chi connectivity index (χ2n) is 3.92. The maximum absolute atomic E-state index is 10.5. The van der Waals surface area contributed by atoms with Crippen LogP contribution in [-0.2, 0) is 4.79 Å². The smallest absolute Gasteiger partial charge is 0.328 e. The Kier molecular flexibility index (Phi) is 5.19. The maximum atomic E-state index is 10.5. The molecule has 1 N–H and O–H groups in total. The van der Waals surface area contributed by atoms with Gasteiger partial charge in [-0.25, -0.2) is 4.79 Å². The van der Waals surface area contributed by atoms with E-state index in [0.29, 0.717) is 5.75 Å². The van der Waals surface area contributed by atoms with Crippen LogP contribution in [0, 0.1) is 3.57 Å². The number of benzene rings is 2. The van der Waals surface area contributed by atoms with Gasteiger partial charge in [-0.2, -0.15) is 0 Å². The predicted molar refractivity (Wildman–Crippen MR) is 90.0 cm³/mol. The van der Waals surface area contributed by atoms with Crippen molar-refractivity contribution >= 4 is 50.6 Å². The number of hydrogen-bond donors (Lipinski definition) is 1. The summed E-state index contributed by atoms with van der Waals surface area (Å²) in [5.74, 6) is 0.457. The molecule has 0 fully saturated rings. The Morgan fingerprint density at radius 3 is 2.50 bits per heavy atom. The van der Waals surface area contributed by atoms with Crippen molar-refractivity contribution in [3.63, 3.8) is 0 Å². The molecule has 2 rings (SSSR count). The second kappa shape index (κ2) is 6.90. The van der Waals surface area contributed by atoms with Crippen molar-refractivity contribution in [3.05, 3.63) is 62.1 Å². The third kappa shape index (κ3) is 4.35. The van der Waals surface area contributed by atoms with Gasteiger partial charge in [-0.15, -0.1) is 0 Å². The van der Waals surface area contributed by atoms with E-state index in [-0.39, 0.29) is 0 Å². The molecule has 0 heterocycles. The van der Waals surface area contributed by atoms with Gasteiger partial charge in [-0.1, -0.05) is 6.07 Å². The van der Waals surface area contributed by atoms with Gasteiger partial charge in [0.05, 0.1) is 4.47 Å². The highest BCUT2D eigenvalue weighted by molar-refractivity contribution is 14.1. The number of hydrogen-bond acceptors (Lipinski definition) is 2. The number of carboxylic acids is 1. The first-order valence-corrected chi connectivity index (χ1v) is 7.56. The third-order valence-corrected chi connectivity index (χ3v) is 3.75. The van der Waals surface area contributed by atoms with Gasteiger partial charge in [-0.3, -0.25) is 0 Å². The van der Waals surface area contributed by atoms with Gasteiger partial charge in [-0.05, 0) is 86.6 Å². The van der Waals surface area contributed by atoms with Crippen LogP contribution in [0.1, 0.15) is 5.56 Å². The van der Waals surface area contributed by atoms with Crippen molar-refractivity contribution in [1.82, 2.24) is 0 Å². The largest absolute Gasteiger partial charge is 0.478 e. The minimum absolute atomic E-state index is 0.679. The standard InChI is InChI=1S/C15H10BrIO3/c16-13-9-10(2-8-15(18)19)1-7-14(13)20-12-5-3-11(17)4-6-12/h1-9H,(H,18,19)/b8-2+. The molecule has 0 bridgehead atoms. The number of carboxylic acid groups (broad SMARTS) is 1. The molecule has 0 saturated carbocycles.